The van der Waals surface area contributed by atoms with Gasteiger partial charge < -0.3 is 10.1 Å². The van der Waals surface area contributed by atoms with E-state index in [4.69, 9.17) is 16.3 Å². The molecule has 1 unspecified atom stereocenters. The van der Waals surface area contributed by atoms with Crippen molar-refractivity contribution < 1.29 is 13.2 Å². The van der Waals surface area contributed by atoms with Crippen LogP contribution < -0.4 is 10.0 Å². The first-order valence-electron chi connectivity index (χ1n) is 7.94. The molecule has 1 aromatic rings. The number of hydrogen-bond acceptors (Lipinski definition) is 4. The number of methoxy groups -OCH3 is 1. The molecule has 138 valence electrons. The third-order valence-electron chi connectivity index (χ3n) is 4.18. The molecule has 0 aliphatic carbocycles. The predicted octanol–water partition coefficient (Wildman–Crippen LogP) is 2.76. The van der Waals surface area contributed by atoms with Crippen LogP contribution in [0.5, 0.6) is 0 Å². The van der Waals surface area contributed by atoms with Gasteiger partial charge in [0, 0.05) is 13.7 Å². The van der Waals surface area contributed by atoms with Crippen molar-refractivity contribution in [1.82, 2.24) is 10.0 Å². The maximum atomic E-state index is 12.6. The zero-order chi connectivity index (χ0) is 16.9. The Morgan fingerprint density at radius 2 is 2.17 bits per heavy atom. The Morgan fingerprint density at radius 1 is 1.42 bits per heavy atom. The second-order valence-electron chi connectivity index (χ2n) is 6.08. The van der Waals surface area contributed by atoms with Gasteiger partial charge in [-0.05, 0) is 43.5 Å². The fourth-order valence-corrected chi connectivity index (χ4v) is 4.65. The van der Waals surface area contributed by atoms with Crippen LogP contribution in [0.3, 0.4) is 0 Å². The second-order valence-corrected chi connectivity index (χ2v) is 8.23. The molecule has 8 heteroatoms. The largest absolute Gasteiger partial charge is 0.383 e. The Morgan fingerprint density at radius 3 is 2.75 bits per heavy atom. The van der Waals surface area contributed by atoms with Crippen molar-refractivity contribution in [2.24, 2.45) is 0 Å². The van der Waals surface area contributed by atoms with E-state index >= 15 is 0 Å². The highest BCUT2D eigenvalue weighted by molar-refractivity contribution is 7.89. The first-order valence-corrected chi connectivity index (χ1v) is 9.81. The van der Waals surface area contributed by atoms with E-state index in [-0.39, 0.29) is 34.4 Å². The molecule has 1 atom stereocenters. The summed E-state index contributed by atoms with van der Waals surface area (Å²) in [6.07, 6.45) is 3.68. The first-order chi connectivity index (χ1) is 10.9. The normalized spacial score (nSPS) is 20.8. The molecule has 24 heavy (non-hydrogen) atoms. The summed E-state index contributed by atoms with van der Waals surface area (Å²) in [5.74, 6) is 0. The standard InChI is InChI=1S/C16H25ClN2O3S.ClH/c1-3-5-13-6-7-14(17)15(10-13)23(20,21)19-11-16(12-22-2)8-4-9-18-16;/h6-7,10,18-19H,3-5,8-9,11-12H2,1-2H3;1H. The van der Waals surface area contributed by atoms with Crippen molar-refractivity contribution in [3.8, 4) is 0 Å². The number of halogens is 2. The van der Waals surface area contributed by atoms with E-state index in [1.165, 1.54) is 0 Å². The second kappa shape index (κ2) is 9.36. The minimum Gasteiger partial charge on any atom is -0.383 e. The van der Waals surface area contributed by atoms with E-state index in [0.29, 0.717) is 6.61 Å². The van der Waals surface area contributed by atoms with Gasteiger partial charge in [-0.15, -0.1) is 12.4 Å². The monoisotopic (exact) mass is 396 g/mol. The van der Waals surface area contributed by atoms with E-state index in [1.54, 1.807) is 19.2 Å². The molecule has 5 nitrogen and oxygen atoms in total. The van der Waals surface area contributed by atoms with Gasteiger partial charge in [0.2, 0.25) is 10.0 Å². The molecule has 1 aliphatic rings. The van der Waals surface area contributed by atoms with E-state index < -0.39 is 10.0 Å². The summed E-state index contributed by atoms with van der Waals surface area (Å²) in [6, 6.07) is 5.19. The maximum absolute atomic E-state index is 12.6. The van der Waals surface area contributed by atoms with Crippen LogP contribution in [0.1, 0.15) is 31.7 Å². The van der Waals surface area contributed by atoms with E-state index in [9.17, 15) is 8.42 Å². The van der Waals surface area contributed by atoms with Gasteiger partial charge in [-0.25, -0.2) is 13.1 Å². The molecule has 1 saturated heterocycles. The van der Waals surface area contributed by atoms with Crippen molar-refractivity contribution in [2.45, 2.75) is 43.0 Å². The lowest BCUT2D eigenvalue weighted by Crippen LogP contribution is -2.52. The highest BCUT2D eigenvalue weighted by Gasteiger charge is 2.35. The molecular weight excluding hydrogens is 371 g/mol. The van der Waals surface area contributed by atoms with Gasteiger partial charge in [-0.1, -0.05) is 31.0 Å². The molecular formula is C16H26Cl2N2O3S. The number of benzene rings is 1. The summed E-state index contributed by atoms with van der Waals surface area (Å²) in [6.45, 7) is 3.69. The predicted molar refractivity (Wildman–Crippen MR) is 99.7 cm³/mol. The molecule has 0 radical (unpaired) electrons. The van der Waals surface area contributed by atoms with E-state index in [1.807, 2.05) is 6.07 Å². The van der Waals surface area contributed by atoms with Crippen LogP contribution in [0, 0.1) is 0 Å². The number of hydrogen-bond donors (Lipinski definition) is 2. The quantitative estimate of drug-likeness (QED) is 0.708. The Labute approximate surface area is 156 Å². The van der Waals surface area contributed by atoms with Crippen molar-refractivity contribution in [2.75, 3.05) is 26.8 Å². The molecule has 0 saturated carbocycles. The topological polar surface area (TPSA) is 67.4 Å². The molecule has 1 aromatic carbocycles. The Balaban J connectivity index is 0.00000288. The zero-order valence-corrected chi connectivity index (χ0v) is 16.5. The first kappa shape index (κ1) is 21.7. The lowest BCUT2D eigenvalue weighted by Gasteiger charge is -2.29. The molecule has 0 bridgehead atoms. The Hall–Kier alpha value is -0.370. The van der Waals surface area contributed by atoms with Crippen LogP contribution in [0.2, 0.25) is 5.02 Å². The summed E-state index contributed by atoms with van der Waals surface area (Å²) in [4.78, 5) is 0.149. The van der Waals surface area contributed by atoms with Crippen molar-refractivity contribution in [3.63, 3.8) is 0 Å². The number of nitrogens with one attached hydrogen (secondary N) is 2. The Bertz CT molecular complexity index is 632. The van der Waals surface area contributed by atoms with Gasteiger partial charge in [0.15, 0.2) is 0 Å². The average molecular weight is 397 g/mol. The van der Waals surface area contributed by atoms with E-state index in [0.717, 1.165) is 37.8 Å². The maximum Gasteiger partial charge on any atom is 0.242 e. The van der Waals surface area contributed by atoms with Crippen LogP contribution >= 0.6 is 24.0 Å². The number of ether oxygens (including phenoxy) is 1. The van der Waals surface area contributed by atoms with Crippen LogP contribution in [-0.2, 0) is 21.2 Å². The van der Waals surface area contributed by atoms with Crippen molar-refractivity contribution in [3.05, 3.63) is 28.8 Å². The van der Waals surface area contributed by atoms with Crippen LogP contribution in [0.25, 0.3) is 0 Å². The molecule has 2 rings (SSSR count). The molecule has 0 aromatic heterocycles. The number of rotatable bonds is 8. The summed E-state index contributed by atoms with van der Waals surface area (Å²) >= 11 is 6.11. The Kier molecular flexibility index (Phi) is 8.45. The summed E-state index contributed by atoms with van der Waals surface area (Å²) < 4.78 is 33.2. The SMILES string of the molecule is CCCc1ccc(Cl)c(S(=O)(=O)NCC2(COC)CCCN2)c1.Cl. The fourth-order valence-electron chi connectivity index (χ4n) is 2.98. The molecule has 1 heterocycles. The van der Waals surface area contributed by atoms with E-state index in [2.05, 4.69) is 17.0 Å². The number of sulfonamides is 1. The molecule has 1 aliphatic heterocycles. The molecule has 0 spiro atoms. The number of aryl methyl sites for hydroxylation is 1. The smallest absolute Gasteiger partial charge is 0.242 e. The van der Waals surface area contributed by atoms with Crippen LogP contribution in [-0.4, -0.2) is 40.8 Å². The van der Waals surface area contributed by atoms with Gasteiger partial charge in [0.05, 0.1) is 17.2 Å². The zero-order valence-electron chi connectivity index (χ0n) is 14.1. The highest BCUT2D eigenvalue weighted by Crippen LogP contribution is 2.25. The van der Waals surface area contributed by atoms with Gasteiger partial charge in [-0.2, -0.15) is 0 Å². The summed E-state index contributed by atoms with van der Waals surface area (Å²) in [5.41, 5.74) is 0.637. The minimum atomic E-state index is -3.65. The average Bonchev–Trinajstić information content (AvgIpc) is 2.97. The van der Waals surface area contributed by atoms with Gasteiger partial charge >= 0.3 is 0 Å². The third-order valence-corrected chi connectivity index (χ3v) is 6.06. The molecule has 2 N–H and O–H groups in total. The highest BCUT2D eigenvalue weighted by atomic mass is 35.5. The van der Waals surface area contributed by atoms with Crippen LogP contribution in [0.4, 0.5) is 0 Å². The fraction of sp³-hybridized carbons (Fsp3) is 0.625. The lowest BCUT2D eigenvalue weighted by molar-refractivity contribution is 0.122. The van der Waals surface area contributed by atoms with Gasteiger partial charge in [-0.3, -0.25) is 0 Å². The molecule has 1 fully saturated rings. The van der Waals surface area contributed by atoms with Crippen LogP contribution in [0.15, 0.2) is 23.1 Å². The van der Waals surface area contributed by atoms with Gasteiger partial charge in [0.25, 0.3) is 0 Å². The third kappa shape index (κ3) is 5.31. The molecule has 0 amide bonds. The van der Waals surface area contributed by atoms with Crippen molar-refractivity contribution in [1.29, 1.82) is 0 Å². The summed E-state index contributed by atoms with van der Waals surface area (Å²) in [5, 5.41) is 3.60. The lowest BCUT2D eigenvalue weighted by atomic mass is 9.99. The van der Waals surface area contributed by atoms with Crippen molar-refractivity contribution >= 4 is 34.0 Å². The van der Waals surface area contributed by atoms with Gasteiger partial charge in [0.1, 0.15) is 4.90 Å². The summed E-state index contributed by atoms with van der Waals surface area (Å²) in [7, 11) is -2.03. The minimum absolute atomic E-state index is 0.